The van der Waals surface area contributed by atoms with E-state index >= 15 is 0 Å². The lowest BCUT2D eigenvalue weighted by Gasteiger charge is -2.06. The van der Waals surface area contributed by atoms with Gasteiger partial charge in [-0.05, 0) is 17.7 Å². The molecule has 3 aromatic rings. The van der Waals surface area contributed by atoms with E-state index in [9.17, 15) is 8.60 Å². The van der Waals surface area contributed by atoms with Crippen LogP contribution in [0.3, 0.4) is 0 Å². The lowest BCUT2D eigenvalue weighted by molar-refractivity contribution is 0.394. The summed E-state index contributed by atoms with van der Waals surface area (Å²) in [6, 6.07) is 13.4. The van der Waals surface area contributed by atoms with Crippen molar-refractivity contribution in [3.05, 3.63) is 65.8 Å². The van der Waals surface area contributed by atoms with E-state index in [1.807, 2.05) is 24.3 Å². The van der Waals surface area contributed by atoms with E-state index in [0.29, 0.717) is 11.7 Å². The minimum absolute atomic E-state index is 0.129. The van der Waals surface area contributed by atoms with Gasteiger partial charge in [-0.15, -0.1) is 0 Å². The lowest BCUT2D eigenvalue weighted by atomic mass is 10.1. The maximum atomic E-state index is 13.8. The van der Waals surface area contributed by atoms with Crippen LogP contribution in [0.15, 0.2) is 62.3 Å². The molecule has 124 valence electrons. The van der Waals surface area contributed by atoms with Crippen LogP contribution in [-0.2, 0) is 16.3 Å². The first-order valence-corrected chi connectivity index (χ1v) is 9.20. The molecule has 0 aliphatic carbocycles. The van der Waals surface area contributed by atoms with Crippen molar-refractivity contribution < 1.29 is 13.1 Å². The molecule has 7 heteroatoms. The Bertz CT molecular complexity index is 974. The number of rotatable bonds is 4. The summed E-state index contributed by atoms with van der Waals surface area (Å²) in [6.07, 6.45) is 1.45. The molecule has 1 heterocycles. The van der Waals surface area contributed by atoms with Gasteiger partial charge in [0, 0.05) is 18.7 Å². The van der Waals surface area contributed by atoms with Gasteiger partial charge in [0.05, 0.1) is 21.2 Å². The van der Waals surface area contributed by atoms with Crippen molar-refractivity contribution in [1.29, 1.82) is 0 Å². The number of hydrogen-bond acceptors (Lipinski definition) is 5. The summed E-state index contributed by atoms with van der Waals surface area (Å²) < 4.78 is 35.6. The Morgan fingerprint density at radius 2 is 1.88 bits per heavy atom. The highest BCUT2D eigenvalue weighted by molar-refractivity contribution is 7.93. The summed E-state index contributed by atoms with van der Waals surface area (Å²) in [5, 5.41) is 3.85. The number of aryl methyl sites for hydroxylation is 1. The minimum atomic E-state index is -2.79. The Morgan fingerprint density at radius 1 is 1.17 bits per heavy atom. The van der Waals surface area contributed by atoms with Crippen LogP contribution in [0.25, 0.3) is 11.4 Å². The Morgan fingerprint density at radius 3 is 2.50 bits per heavy atom. The molecule has 0 saturated carbocycles. The van der Waals surface area contributed by atoms with Crippen LogP contribution in [0, 0.1) is 12.7 Å². The van der Waals surface area contributed by atoms with Crippen LogP contribution in [0.4, 0.5) is 4.39 Å². The minimum Gasteiger partial charge on any atom is -0.339 e. The molecule has 0 spiro atoms. The van der Waals surface area contributed by atoms with E-state index in [2.05, 4.69) is 14.5 Å². The summed E-state index contributed by atoms with van der Waals surface area (Å²) in [4.78, 5) is 4.29. The maximum Gasteiger partial charge on any atom is 0.223 e. The van der Waals surface area contributed by atoms with Crippen molar-refractivity contribution in [2.24, 2.45) is 4.36 Å². The Kier molecular flexibility index (Phi) is 4.44. The van der Waals surface area contributed by atoms with E-state index in [-0.39, 0.29) is 11.4 Å². The fraction of sp³-hybridized carbons (Fsp3) is 0.176. The van der Waals surface area contributed by atoms with Crippen LogP contribution in [0.5, 0.6) is 0 Å². The maximum absolute atomic E-state index is 13.8. The van der Waals surface area contributed by atoms with Gasteiger partial charge in [-0.2, -0.15) is 4.98 Å². The molecule has 1 atom stereocenters. The third-order valence-electron chi connectivity index (χ3n) is 3.48. The normalized spacial score (nSPS) is 13.5. The molecule has 5 nitrogen and oxygen atoms in total. The summed E-state index contributed by atoms with van der Waals surface area (Å²) >= 11 is 0. The standard InChI is InChI=1S/C17H16FN3O2S/c1-12-20-17(21-23-12)14-9-7-13(8-10-14)11-19-24(2,22)16-6-4-3-5-15(16)18/h3-10H,11H2,1-2H3. The van der Waals surface area contributed by atoms with Crippen molar-refractivity contribution >= 4 is 9.73 Å². The fourth-order valence-corrected chi connectivity index (χ4v) is 3.49. The second kappa shape index (κ2) is 6.52. The Hall–Kier alpha value is -2.54. The summed E-state index contributed by atoms with van der Waals surface area (Å²) in [5.41, 5.74) is 1.69. The molecule has 0 N–H and O–H groups in total. The lowest BCUT2D eigenvalue weighted by Crippen LogP contribution is -2.01. The van der Waals surface area contributed by atoms with Crippen molar-refractivity contribution in [3.8, 4) is 11.4 Å². The molecule has 3 rings (SSSR count). The van der Waals surface area contributed by atoms with E-state index in [0.717, 1.165) is 11.1 Å². The van der Waals surface area contributed by atoms with Crippen LogP contribution in [-0.4, -0.2) is 20.6 Å². The molecule has 0 radical (unpaired) electrons. The highest BCUT2D eigenvalue weighted by Crippen LogP contribution is 2.19. The third kappa shape index (κ3) is 3.51. The molecular formula is C17H16FN3O2S. The molecular weight excluding hydrogens is 329 g/mol. The molecule has 0 amide bonds. The number of aromatic nitrogens is 2. The zero-order chi connectivity index (χ0) is 17.2. The van der Waals surface area contributed by atoms with Crippen molar-refractivity contribution in [1.82, 2.24) is 10.1 Å². The highest BCUT2D eigenvalue weighted by Gasteiger charge is 2.11. The SMILES string of the molecule is Cc1nc(-c2ccc(CN=S(C)(=O)c3ccccc3F)cc2)no1. The average molecular weight is 345 g/mol. The zero-order valence-corrected chi connectivity index (χ0v) is 14.1. The molecule has 24 heavy (non-hydrogen) atoms. The second-order valence-electron chi connectivity index (χ2n) is 5.35. The number of benzene rings is 2. The van der Waals surface area contributed by atoms with E-state index < -0.39 is 15.5 Å². The predicted molar refractivity (Wildman–Crippen MR) is 89.3 cm³/mol. The largest absolute Gasteiger partial charge is 0.339 e. The number of halogens is 1. The van der Waals surface area contributed by atoms with Gasteiger partial charge in [-0.25, -0.2) is 13.0 Å². The first-order valence-electron chi connectivity index (χ1n) is 7.28. The smallest absolute Gasteiger partial charge is 0.223 e. The summed E-state index contributed by atoms with van der Waals surface area (Å²) in [7, 11) is -2.79. The quantitative estimate of drug-likeness (QED) is 0.720. The van der Waals surface area contributed by atoms with Crippen LogP contribution < -0.4 is 0 Å². The van der Waals surface area contributed by atoms with Gasteiger partial charge >= 0.3 is 0 Å². The van der Waals surface area contributed by atoms with Gasteiger partial charge in [0.1, 0.15) is 5.82 Å². The van der Waals surface area contributed by atoms with Crippen LogP contribution in [0.1, 0.15) is 11.5 Å². The average Bonchev–Trinajstić information content (AvgIpc) is 3.00. The summed E-state index contributed by atoms with van der Waals surface area (Å²) in [5.74, 6) is 0.512. The monoisotopic (exact) mass is 345 g/mol. The molecule has 0 fully saturated rings. The van der Waals surface area contributed by atoms with Crippen molar-refractivity contribution in [3.63, 3.8) is 0 Å². The topological polar surface area (TPSA) is 68.3 Å². The highest BCUT2D eigenvalue weighted by atomic mass is 32.2. The van der Waals surface area contributed by atoms with Gasteiger partial charge in [0.2, 0.25) is 11.7 Å². The van der Waals surface area contributed by atoms with Gasteiger partial charge in [0.25, 0.3) is 0 Å². The van der Waals surface area contributed by atoms with Gasteiger partial charge in [-0.3, -0.25) is 0 Å². The van der Waals surface area contributed by atoms with Crippen LogP contribution in [0.2, 0.25) is 0 Å². The third-order valence-corrected chi connectivity index (χ3v) is 5.25. The first-order chi connectivity index (χ1) is 11.5. The van der Waals surface area contributed by atoms with Crippen molar-refractivity contribution in [2.75, 3.05) is 6.26 Å². The molecule has 0 aliphatic rings. The molecule has 0 bridgehead atoms. The Balaban J connectivity index is 1.81. The predicted octanol–water partition coefficient (Wildman–Crippen LogP) is 3.84. The molecule has 0 aliphatic heterocycles. The van der Waals surface area contributed by atoms with Crippen LogP contribution >= 0.6 is 0 Å². The Labute approximate surface area is 139 Å². The van der Waals surface area contributed by atoms with Gasteiger partial charge < -0.3 is 4.52 Å². The molecule has 1 unspecified atom stereocenters. The van der Waals surface area contributed by atoms with Crippen molar-refractivity contribution in [2.45, 2.75) is 18.4 Å². The fourth-order valence-electron chi connectivity index (χ4n) is 2.19. The zero-order valence-electron chi connectivity index (χ0n) is 13.3. The van der Waals surface area contributed by atoms with E-state index in [1.165, 1.54) is 18.4 Å². The summed E-state index contributed by atoms with van der Waals surface area (Å²) in [6.45, 7) is 1.96. The second-order valence-corrected chi connectivity index (χ2v) is 7.66. The van der Waals surface area contributed by atoms with Gasteiger partial charge in [-0.1, -0.05) is 41.6 Å². The first kappa shape index (κ1) is 16.3. The van der Waals surface area contributed by atoms with E-state index in [1.54, 1.807) is 19.1 Å². The van der Waals surface area contributed by atoms with Gasteiger partial charge in [0.15, 0.2) is 0 Å². The molecule has 1 aromatic heterocycles. The van der Waals surface area contributed by atoms with E-state index in [4.69, 9.17) is 4.52 Å². The number of hydrogen-bond donors (Lipinski definition) is 0. The molecule has 0 saturated heterocycles. The molecule has 2 aromatic carbocycles. The number of nitrogens with zero attached hydrogens (tertiary/aromatic N) is 3.